The van der Waals surface area contributed by atoms with Crippen molar-refractivity contribution in [1.29, 1.82) is 0 Å². The van der Waals surface area contributed by atoms with Crippen molar-refractivity contribution in [2.24, 2.45) is 23.7 Å². The van der Waals surface area contributed by atoms with Crippen LogP contribution in [0.5, 0.6) is 0 Å². The Hall–Kier alpha value is -0.570. The Morgan fingerprint density at radius 2 is 2.06 bits per heavy atom. The lowest BCUT2D eigenvalue weighted by molar-refractivity contribution is -0.144. The molecular weight excluding hydrogens is 226 g/mol. The first-order valence-corrected chi connectivity index (χ1v) is 7.60. The van der Waals surface area contributed by atoms with E-state index in [0.717, 1.165) is 37.1 Å². The van der Waals surface area contributed by atoms with Crippen LogP contribution in [-0.4, -0.2) is 35.1 Å². The molecule has 0 aromatic heterocycles. The zero-order valence-corrected chi connectivity index (χ0v) is 11.3. The van der Waals surface area contributed by atoms with E-state index in [1.165, 1.54) is 32.2 Å². The summed E-state index contributed by atoms with van der Waals surface area (Å²) in [5.74, 6) is 2.22. The molecule has 1 aliphatic heterocycles. The average molecular weight is 251 g/mol. The summed E-state index contributed by atoms with van der Waals surface area (Å²) < 4.78 is 0. The van der Waals surface area contributed by atoms with Gasteiger partial charge in [0.25, 0.3) is 0 Å². The van der Waals surface area contributed by atoms with Crippen molar-refractivity contribution >= 4 is 5.97 Å². The molecule has 5 atom stereocenters. The fraction of sp³-hybridized carbons (Fsp3) is 0.933. The van der Waals surface area contributed by atoms with Crippen molar-refractivity contribution in [1.82, 2.24) is 4.90 Å². The van der Waals surface area contributed by atoms with E-state index in [4.69, 9.17) is 5.11 Å². The van der Waals surface area contributed by atoms with Crippen LogP contribution in [-0.2, 0) is 4.79 Å². The van der Waals surface area contributed by atoms with Crippen molar-refractivity contribution in [3.05, 3.63) is 0 Å². The Bertz CT molecular complexity index is 330. The maximum absolute atomic E-state index is 11.0. The molecule has 102 valence electrons. The molecule has 0 amide bonds. The predicted molar refractivity (Wildman–Crippen MR) is 70.3 cm³/mol. The van der Waals surface area contributed by atoms with Gasteiger partial charge in [0.15, 0.2) is 0 Å². The van der Waals surface area contributed by atoms with Crippen molar-refractivity contribution in [3.63, 3.8) is 0 Å². The second-order valence-corrected chi connectivity index (χ2v) is 6.84. The molecule has 3 rings (SSSR count). The quantitative estimate of drug-likeness (QED) is 0.838. The van der Waals surface area contributed by atoms with E-state index in [1.54, 1.807) is 0 Å². The normalized spacial score (nSPS) is 44.4. The van der Waals surface area contributed by atoms with Gasteiger partial charge in [-0.05, 0) is 63.3 Å². The number of nitrogens with zero attached hydrogens (tertiary/aromatic N) is 1. The molecule has 3 nitrogen and oxygen atoms in total. The first kappa shape index (κ1) is 12.5. The Balaban J connectivity index is 1.53. The molecule has 2 saturated carbocycles. The average Bonchev–Trinajstić information content (AvgIpc) is 2.93. The number of fused-ring (bicyclic) bond motifs is 2. The van der Waals surface area contributed by atoms with Crippen LogP contribution in [0.15, 0.2) is 0 Å². The van der Waals surface area contributed by atoms with E-state index in [-0.39, 0.29) is 5.92 Å². The Labute approximate surface area is 110 Å². The first-order valence-electron chi connectivity index (χ1n) is 7.60. The fourth-order valence-corrected chi connectivity index (χ4v) is 4.62. The van der Waals surface area contributed by atoms with Gasteiger partial charge in [0.1, 0.15) is 0 Å². The number of rotatable bonds is 3. The van der Waals surface area contributed by atoms with Gasteiger partial charge in [-0.2, -0.15) is 0 Å². The summed E-state index contributed by atoms with van der Waals surface area (Å²) >= 11 is 0. The minimum atomic E-state index is -0.596. The van der Waals surface area contributed by atoms with E-state index in [2.05, 4.69) is 11.8 Å². The molecule has 3 heteroatoms. The van der Waals surface area contributed by atoms with Gasteiger partial charge in [0.2, 0.25) is 0 Å². The van der Waals surface area contributed by atoms with E-state index < -0.39 is 5.97 Å². The molecule has 0 radical (unpaired) electrons. The van der Waals surface area contributed by atoms with Crippen LogP contribution in [0, 0.1) is 23.7 Å². The lowest BCUT2D eigenvalue weighted by Crippen LogP contribution is -2.45. The molecule has 0 spiro atoms. The van der Waals surface area contributed by atoms with Crippen LogP contribution in [0.1, 0.15) is 45.4 Å². The molecule has 3 aliphatic rings. The van der Waals surface area contributed by atoms with Crippen molar-refractivity contribution < 1.29 is 9.90 Å². The molecule has 0 aromatic rings. The zero-order chi connectivity index (χ0) is 12.7. The summed E-state index contributed by atoms with van der Waals surface area (Å²) in [4.78, 5) is 13.6. The number of carbonyl (C=O) groups is 1. The molecule has 18 heavy (non-hydrogen) atoms. The summed E-state index contributed by atoms with van der Waals surface area (Å²) in [5, 5.41) is 9.09. The maximum Gasteiger partial charge on any atom is 0.306 e. The number of aliphatic carboxylic acids is 1. The second-order valence-electron chi connectivity index (χ2n) is 6.84. The van der Waals surface area contributed by atoms with Gasteiger partial charge in [-0.25, -0.2) is 0 Å². The van der Waals surface area contributed by atoms with E-state index in [1.807, 2.05) is 0 Å². The van der Waals surface area contributed by atoms with Gasteiger partial charge < -0.3 is 10.0 Å². The van der Waals surface area contributed by atoms with Crippen LogP contribution < -0.4 is 0 Å². The summed E-state index contributed by atoms with van der Waals surface area (Å²) in [6.45, 7) is 4.43. The molecule has 3 fully saturated rings. The van der Waals surface area contributed by atoms with E-state index in [0.29, 0.717) is 6.04 Å². The minimum absolute atomic E-state index is 0.101. The Kier molecular flexibility index (Phi) is 3.35. The van der Waals surface area contributed by atoms with Crippen molar-refractivity contribution in [3.8, 4) is 0 Å². The highest BCUT2D eigenvalue weighted by Crippen LogP contribution is 2.48. The Morgan fingerprint density at radius 3 is 2.61 bits per heavy atom. The second kappa shape index (κ2) is 4.84. The van der Waals surface area contributed by atoms with Gasteiger partial charge in [-0.15, -0.1) is 0 Å². The van der Waals surface area contributed by atoms with Gasteiger partial charge in [0, 0.05) is 12.6 Å². The third-order valence-corrected chi connectivity index (χ3v) is 5.72. The third-order valence-electron chi connectivity index (χ3n) is 5.72. The van der Waals surface area contributed by atoms with Crippen LogP contribution in [0.3, 0.4) is 0 Å². The van der Waals surface area contributed by atoms with Gasteiger partial charge in [-0.1, -0.05) is 6.42 Å². The molecule has 1 saturated heterocycles. The minimum Gasteiger partial charge on any atom is -0.481 e. The van der Waals surface area contributed by atoms with Crippen LogP contribution in [0.4, 0.5) is 0 Å². The lowest BCUT2D eigenvalue weighted by atomic mass is 9.86. The highest BCUT2D eigenvalue weighted by Gasteiger charge is 2.41. The first-order chi connectivity index (χ1) is 8.63. The van der Waals surface area contributed by atoms with Gasteiger partial charge in [-0.3, -0.25) is 4.79 Å². The highest BCUT2D eigenvalue weighted by atomic mass is 16.4. The summed E-state index contributed by atoms with van der Waals surface area (Å²) in [6, 6.07) is 0.457. The molecule has 2 bridgehead atoms. The number of hydrogen-bond acceptors (Lipinski definition) is 2. The zero-order valence-electron chi connectivity index (χ0n) is 11.3. The largest absolute Gasteiger partial charge is 0.481 e. The fourth-order valence-electron chi connectivity index (χ4n) is 4.62. The SMILES string of the molecule is CC1CC(C(=O)O)CCN1CC1CC2CCC1C2. The van der Waals surface area contributed by atoms with Gasteiger partial charge in [0.05, 0.1) is 5.92 Å². The van der Waals surface area contributed by atoms with Gasteiger partial charge >= 0.3 is 5.97 Å². The topological polar surface area (TPSA) is 40.5 Å². The smallest absolute Gasteiger partial charge is 0.306 e. The third kappa shape index (κ3) is 2.29. The summed E-state index contributed by atoms with van der Waals surface area (Å²) in [5.41, 5.74) is 0. The molecule has 1 heterocycles. The monoisotopic (exact) mass is 251 g/mol. The number of hydrogen-bond donors (Lipinski definition) is 1. The van der Waals surface area contributed by atoms with Crippen LogP contribution >= 0.6 is 0 Å². The number of likely N-dealkylation sites (tertiary alicyclic amines) is 1. The van der Waals surface area contributed by atoms with Crippen LogP contribution in [0.2, 0.25) is 0 Å². The highest BCUT2D eigenvalue weighted by molar-refractivity contribution is 5.70. The predicted octanol–water partition coefficient (Wildman–Crippen LogP) is 2.61. The number of piperidine rings is 1. The number of carboxylic acid groups (broad SMARTS) is 1. The molecule has 1 N–H and O–H groups in total. The van der Waals surface area contributed by atoms with E-state index >= 15 is 0 Å². The van der Waals surface area contributed by atoms with Crippen LogP contribution in [0.25, 0.3) is 0 Å². The lowest BCUT2D eigenvalue weighted by Gasteiger charge is -2.39. The maximum atomic E-state index is 11.0. The standard InChI is InChI=1S/C15H25NO2/c1-10-6-13(15(17)18)4-5-16(10)9-14-8-11-2-3-12(14)7-11/h10-14H,2-9H2,1H3,(H,17,18). The molecule has 0 aromatic carbocycles. The van der Waals surface area contributed by atoms with E-state index in [9.17, 15) is 4.79 Å². The summed E-state index contributed by atoms with van der Waals surface area (Å²) in [6.07, 6.45) is 7.53. The summed E-state index contributed by atoms with van der Waals surface area (Å²) in [7, 11) is 0. The Morgan fingerprint density at radius 1 is 1.22 bits per heavy atom. The van der Waals surface area contributed by atoms with Crippen molar-refractivity contribution in [2.75, 3.05) is 13.1 Å². The number of carboxylic acids is 1. The van der Waals surface area contributed by atoms with Crippen molar-refractivity contribution in [2.45, 2.75) is 51.5 Å². The molecular formula is C15H25NO2. The molecule has 5 unspecified atom stereocenters. The molecule has 2 aliphatic carbocycles.